The number of hydrogen-bond donors (Lipinski definition) is 2. The minimum Gasteiger partial charge on any atom is -0.328 e. The van der Waals surface area contributed by atoms with E-state index in [0.29, 0.717) is 12.8 Å². The third-order valence-electron chi connectivity index (χ3n) is 2.55. The summed E-state index contributed by atoms with van der Waals surface area (Å²) in [6.45, 7) is -1.47. The second kappa shape index (κ2) is 5.49. The number of alkyl halides is 3. The summed E-state index contributed by atoms with van der Waals surface area (Å²) < 4.78 is 35.1. The van der Waals surface area contributed by atoms with Gasteiger partial charge < -0.3 is 5.73 Å². The number of carbonyl (C=O) groups excluding carboxylic acids is 1. The zero-order valence-electron chi connectivity index (χ0n) is 8.72. The van der Waals surface area contributed by atoms with Crippen molar-refractivity contribution in [2.45, 2.75) is 37.9 Å². The van der Waals surface area contributed by atoms with E-state index in [4.69, 9.17) is 5.73 Å². The Labute approximate surface area is 91.3 Å². The number of nitrogens with two attached hydrogens (primary N) is 1. The molecule has 0 saturated heterocycles. The Hall–Kier alpha value is -0.820. The molecule has 1 amide bonds. The molecular weight excluding hydrogens is 225 g/mol. The number of hydrogen-bond acceptors (Lipinski definition) is 3. The van der Waals surface area contributed by atoms with E-state index in [-0.39, 0.29) is 12.0 Å². The first-order valence-corrected chi connectivity index (χ1v) is 5.12. The van der Waals surface area contributed by atoms with Crippen LogP contribution in [0, 0.1) is 5.92 Å². The Morgan fingerprint density at radius 1 is 1.31 bits per heavy atom. The van der Waals surface area contributed by atoms with E-state index in [2.05, 4.69) is 4.84 Å². The first kappa shape index (κ1) is 13.2. The predicted molar refractivity (Wildman–Crippen MR) is 50.1 cm³/mol. The van der Waals surface area contributed by atoms with Crippen LogP contribution in [0.3, 0.4) is 0 Å². The molecular formula is C9H15F3N2O2. The highest BCUT2D eigenvalue weighted by Crippen LogP contribution is 2.23. The van der Waals surface area contributed by atoms with Crippen LogP contribution in [-0.4, -0.2) is 24.7 Å². The number of amides is 1. The molecule has 1 aliphatic carbocycles. The van der Waals surface area contributed by atoms with Gasteiger partial charge in [-0.3, -0.25) is 9.63 Å². The highest BCUT2D eigenvalue weighted by molar-refractivity contribution is 5.77. The number of halogens is 3. The van der Waals surface area contributed by atoms with Crippen LogP contribution in [0.2, 0.25) is 0 Å². The molecule has 94 valence electrons. The molecule has 0 unspecified atom stereocenters. The van der Waals surface area contributed by atoms with Crippen molar-refractivity contribution in [1.82, 2.24) is 5.48 Å². The second-order valence-corrected chi connectivity index (χ2v) is 3.98. The molecule has 1 saturated carbocycles. The minimum atomic E-state index is -4.43. The maximum absolute atomic E-state index is 11.7. The van der Waals surface area contributed by atoms with E-state index in [1.807, 2.05) is 5.48 Å². The Morgan fingerprint density at radius 3 is 2.38 bits per heavy atom. The lowest BCUT2D eigenvalue weighted by atomic mass is 9.86. The van der Waals surface area contributed by atoms with Gasteiger partial charge in [-0.2, -0.15) is 13.2 Å². The van der Waals surface area contributed by atoms with Crippen molar-refractivity contribution in [2.24, 2.45) is 11.7 Å². The third-order valence-corrected chi connectivity index (χ3v) is 2.55. The summed E-state index contributed by atoms with van der Waals surface area (Å²) in [5.74, 6) is -0.774. The number of carbonyl (C=O) groups is 1. The molecule has 1 rings (SSSR count). The van der Waals surface area contributed by atoms with Crippen molar-refractivity contribution in [2.75, 3.05) is 6.61 Å². The highest BCUT2D eigenvalue weighted by Gasteiger charge is 2.29. The van der Waals surface area contributed by atoms with Crippen LogP contribution in [0.1, 0.15) is 25.7 Å². The summed E-state index contributed by atoms with van der Waals surface area (Å²) in [4.78, 5) is 15.4. The zero-order chi connectivity index (χ0) is 12.2. The summed E-state index contributed by atoms with van der Waals surface area (Å²) >= 11 is 0. The van der Waals surface area contributed by atoms with Crippen LogP contribution < -0.4 is 11.2 Å². The van der Waals surface area contributed by atoms with Crippen LogP contribution >= 0.6 is 0 Å². The summed E-state index contributed by atoms with van der Waals surface area (Å²) in [5.41, 5.74) is 7.47. The molecule has 0 atom stereocenters. The van der Waals surface area contributed by atoms with Crippen molar-refractivity contribution >= 4 is 5.91 Å². The van der Waals surface area contributed by atoms with Crippen molar-refractivity contribution in [3.8, 4) is 0 Å². The molecule has 1 aliphatic rings. The van der Waals surface area contributed by atoms with E-state index < -0.39 is 18.7 Å². The van der Waals surface area contributed by atoms with Gasteiger partial charge in [0.15, 0.2) is 6.61 Å². The first-order valence-electron chi connectivity index (χ1n) is 5.12. The molecule has 0 radical (unpaired) electrons. The molecule has 0 aromatic rings. The fourth-order valence-corrected chi connectivity index (χ4v) is 1.65. The van der Waals surface area contributed by atoms with Crippen molar-refractivity contribution in [3.05, 3.63) is 0 Å². The SMILES string of the molecule is NC1CCC(C(=O)NOCC(F)(F)F)CC1. The Kier molecular flexibility index (Phi) is 4.55. The van der Waals surface area contributed by atoms with E-state index in [1.54, 1.807) is 0 Å². The van der Waals surface area contributed by atoms with Crippen molar-refractivity contribution < 1.29 is 22.8 Å². The van der Waals surface area contributed by atoms with Crippen LogP contribution in [-0.2, 0) is 9.63 Å². The van der Waals surface area contributed by atoms with E-state index in [1.165, 1.54) is 0 Å². The lowest BCUT2D eigenvalue weighted by Gasteiger charge is -2.24. The van der Waals surface area contributed by atoms with Gasteiger partial charge in [-0.15, -0.1) is 0 Å². The second-order valence-electron chi connectivity index (χ2n) is 3.98. The predicted octanol–water partition coefficient (Wildman–Crippen LogP) is 1.11. The molecule has 0 aromatic heterocycles. The van der Waals surface area contributed by atoms with E-state index >= 15 is 0 Å². The summed E-state index contributed by atoms with van der Waals surface area (Å²) in [6.07, 6.45) is -1.79. The minimum absolute atomic E-state index is 0.0974. The molecule has 0 bridgehead atoms. The summed E-state index contributed by atoms with van der Waals surface area (Å²) in [7, 11) is 0. The summed E-state index contributed by atoms with van der Waals surface area (Å²) in [6, 6.07) is 0.0974. The number of rotatable bonds is 3. The van der Waals surface area contributed by atoms with E-state index in [9.17, 15) is 18.0 Å². The molecule has 3 N–H and O–H groups in total. The fraction of sp³-hybridized carbons (Fsp3) is 0.889. The molecule has 0 aliphatic heterocycles. The lowest BCUT2D eigenvalue weighted by Crippen LogP contribution is -2.37. The van der Waals surface area contributed by atoms with Gasteiger partial charge in [0, 0.05) is 12.0 Å². The highest BCUT2D eigenvalue weighted by atomic mass is 19.4. The van der Waals surface area contributed by atoms with Gasteiger partial charge in [0.25, 0.3) is 0 Å². The quantitative estimate of drug-likeness (QED) is 0.726. The van der Waals surface area contributed by atoms with Gasteiger partial charge in [-0.1, -0.05) is 0 Å². The van der Waals surface area contributed by atoms with Crippen molar-refractivity contribution in [1.29, 1.82) is 0 Å². The normalized spacial score (nSPS) is 26.5. The first-order chi connectivity index (χ1) is 7.38. The maximum atomic E-state index is 11.7. The van der Waals surface area contributed by atoms with Crippen LogP contribution in [0.25, 0.3) is 0 Å². The smallest absolute Gasteiger partial charge is 0.328 e. The molecule has 16 heavy (non-hydrogen) atoms. The molecule has 7 heteroatoms. The average Bonchev–Trinajstić information content (AvgIpc) is 2.16. The molecule has 0 heterocycles. The Morgan fingerprint density at radius 2 is 1.88 bits per heavy atom. The van der Waals surface area contributed by atoms with Crippen LogP contribution in [0.4, 0.5) is 13.2 Å². The third kappa shape index (κ3) is 4.80. The van der Waals surface area contributed by atoms with Gasteiger partial charge in [0.05, 0.1) is 0 Å². The standard InChI is InChI=1S/C9H15F3N2O2/c10-9(11,12)5-16-14-8(15)6-1-3-7(13)4-2-6/h6-7H,1-5,13H2,(H,14,15). The van der Waals surface area contributed by atoms with Gasteiger partial charge >= 0.3 is 6.18 Å². The number of nitrogens with one attached hydrogen (secondary N) is 1. The molecule has 0 spiro atoms. The maximum Gasteiger partial charge on any atom is 0.414 e. The van der Waals surface area contributed by atoms with E-state index in [0.717, 1.165) is 12.8 Å². The topological polar surface area (TPSA) is 64.4 Å². The Balaban J connectivity index is 2.20. The largest absolute Gasteiger partial charge is 0.414 e. The monoisotopic (exact) mass is 240 g/mol. The van der Waals surface area contributed by atoms with Gasteiger partial charge in [-0.05, 0) is 25.7 Å². The lowest BCUT2D eigenvalue weighted by molar-refractivity contribution is -0.193. The summed E-state index contributed by atoms with van der Waals surface area (Å²) in [5, 5.41) is 0. The molecule has 0 aromatic carbocycles. The molecule has 1 fully saturated rings. The zero-order valence-corrected chi connectivity index (χ0v) is 8.72. The van der Waals surface area contributed by atoms with Gasteiger partial charge in [0.1, 0.15) is 0 Å². The Bertz CT molecular complexity index is 237. The van der Waals surface area contributed by atoms with Crippen LogP contribution in [0.5, 0.6) is 0 Å². The van der Waals surface area contributed by atoms with Crippen LogP contribution in [0.15, 0.2) is 0 Å². The molecule has 4 nitrogen and oxygen atoms in total. The van der Waals surface area contributed by atoms with Crippen molar-refractivity contribution in [3.63, 3.8) is 0 Å². The fourth-order valence-electron chi connectivity index (χ4n) is 1.65. The average molecular weight is 240 g/mol. The number of hydroxylamine groups is 1. The van der Waals surface area contributed by atoms with Gasteiger partial charge in [-0.25, -0.2) is 5.48 Å². The van der Waals surface area contributed by atoms with Gasteiger partial charge in [0.2, 0.25) is 5.91 Å².